The molecule has 0 saturated heterocycles. The van der Waals surface area contributed by atoms with Gasteiger partial charge in [-0.3, -0.25) is 9.59 Å². The summed E-state index contributed by atoms with van der Waals surface area (Å²) in [6.07, 6.45) is 27.5. The fourth-order valence-corrected chi connectivity index (χ4v) is 39.2. The molecule has 16 saturated carbocycles. The van der Waals surface area contributed by atoms with Crippen molar-refractivity contribution in [2.24, 2.45) is 185 Å². The fraction of sp³-hybridized carbons (Fsp3) is 0.964. The van der Waals surface area contributed by atoms with Gasteiger partial charge in [0.15, 0.2) is 0 Å². The molecular formula is C112H196N4Na2O25S2. The van der Waals surface area contributed by atoms with Crippen molar-refractivity contribution in [1.29, 1.82) is 0 Å². The standard InChI is InChI=1S/C32H58N2O8S.C32H58N2O7S.C24H40O5.C24H40O4.2Na.H2O/c1-20(7-10-29(39)33-13-6-14-34(4,5)18-23(36)19-43(40,41)42)24-8-9-25-30-26(17-28(38)32(24,25)3)31(2)12-11-22(35)15-21(31)16-27(30)37;1-21(8-11-29(38)33-14-6-15-34(4,5)16-7-17-42(39,40)41)24-9-10-25-30-26(20-28(37)32(24,25)3)31(2)13-12-23(35)18-22(31)19-27(30)36;1-13(4-7-21(28)29)16-5-6-17-22-18(12-20(27)24(16,17)3)23(2)9-8-15(25)10-14(23)11-19(22)26;1-14(4-9-22(27)28)18-7-8-19-17-6-5-15-12-16(25)10-11-23(15,2)20(17)13-21(26)24(18,19)3;;;/h20-28,30,35-38H,6-19H2,1-5H3,(H-,33,39,40,41,42);21-28,30,35-37H,6-20H2,1-5H3,(H-,33,38,39,40,41);13-20,22,25-27H,4-12H2,1-3H3,(H,28,29);14-21,25-26H,4-13H2,1-3H3,(H,27,28);;;1H2/q;;;;2*+1;/p-2/t20-,21?,22-,23?,24-,25+,26+,27-,28+,30+,31+,32-;21-,22?,23-,24-,25+,26+,27-,28+,30+,31+,32-;13-,14+,15-,16-,17?,18?,19-,20+,22?,23+,24-;14-,15-,16-,17+,18-,19+,20+,21+,23+,24-;;;/m1111.../s1. The van der Waals surface area contributed by atoms with E-state index in [1.165, 1.54) is 19.3 Å². The number of carbonyl (C=O) groups excluding carboxylic acids is 4. The van der Waals surface area contributed by atoms with Crippen molar-refractivity contribution in [3.8, 4) is 0 Å². The van der Waals surface area contributed by atoms with Crippen LogP contribution in [0, 0.1) is 185 Å². The van der Waals surface area contributed by atoms with Crippen LogP contribution in [0.5, 0.6) is 0 Å². The van der Waals surface area contributed by atoms with Gasteiger partial charge in [-0.1, -0.05) is 83.1 Å². The second-order valence-electron chi connectivity index (χ2n) is 54.4. The van der Waals surface area contributed by atoms with Crippen LogP contribution in [0.3, 0.4) is 0 Å². The van der Waals surface area contributed by atoms with E-state index in [0.29, 0.717) is 151 Å². The topological polar surface area (TPSA) is 527 Å². The number of aliphatic hydroxyl groups excluding tert-OH is 12. The Hall–Kier alpha value is -0.900. The number of nitrogens with zero attached hydrogens (tertiary/aromatic N) is 2. The molecule has 2 amide bonds. The molecule has 0 aromatic heterocycles. The summed E-state index contributed by atoms with van der Waals surface area (Å²) in [5.41, 5.74) is -0.404. The van der Waals surface area contributed by atoms with Crippen molar-refractivity contribution in [1.82, 2.24) is 10.6 Å². The van der Waals surface area contributed by atoms with Crippen molar-refractivity contribution in [2.45, 2.75) is 413 Å². The average molecular weight is 2110 g/mol. The molecule has 16 aliphatic carbocycles. The van der Waals surface area contributed by atoms with E-state index in [0.717, 1.165) is 186 Å². The maximum Gasteiger partial charge on any atom is 1.00 e. The number of fused-ring (bicyclic) bond motifs is 20. The first-order valence-electron chi connectivity index (χ1n) is 56.7. The third-order valence-corrected chi connectivity index (χ3v) is 47.7. The van der Waals surface area contributed by atoms with Gasteiger partial charge in [0, 0.05) is 62.9 Å². The predicted molar refractivity (Wildman–Crippen MR) is 541 cm³/mol. The van der Waals surface area contributed by atoms with Crippen molar-refractivity contribution < 1.29 is 190 Å². The number of carboxylic acid groups (broad SMARTS) is 2. The molecule has 0 aromatic rings. The minimum Gasteiger partial charge on any atom is -0.748 e. The van der Waals surface area contributed by atoms with E-state index in [1.807, 2.05) is 28.2 Å². The maximum atomic E-state index is 12.7. The van der Waals surface area contributed by atoms with E-state index in [2.05, 4.69) is 93.7 Å². The minimum absolute atomic E-state index is 0. The summed E-state index contributed by atoms with van der Waals surface area (Å²) in [6.45, 7) is 30.4. The Morgan fingerprint density at radius 2 is 0.648 bits per heavy atom. The molecule has 16 rings (SSSR count). The summed E-state index contributed by atoms with van der Waals surface area (Å²) in [7, 11) is -0.952. The summed E-state index contributed by atoms with van der Waals surface area (Å²) >= 11 is 0. The van der Waals surface area contributed by atoms with Crippen LogP contribution >= 0.6 is 0 Å². The van der Waals surface area contributed by atoms with Crippen LogP contribution < -0.4 is 80.0 Å². The first-order valence-corrected chi connectivity index (χ1v) is 59.9. The number of quaternary nitrogens is 2. The molecule has 6 unspecified atom stereocenters. The van der Waals surface area contributed by atoms with Crippen molar-refractivity contribution in [3.05, 3.63) is 0 Å². The van der Waals surface area contributed by atoms with Crippen LogP contribution in [-0.4, -0.2) is 278 Å². The molecular weight excluding hydrogens is 1910 g/mol. The number of hydrogen-bond donors (Lipinski definition) is 14. The zero-order valence-electron chi connectivity index (χ0n) is 92.2. The maximum absolute atomic E-state index is 12.7. The molecule has 0 spiro atoms. The summed E-state index contributed by atoms with van der Waals surface area (Å²) in [5, 5.41) is 160. The number of nitrogens with one attached hydrogen (secondary N) is 2. The zero-order chi connectivity index (χ0) is 104. The molecule has 0 aliphatic heterocycles. The summed E-state index contributed by atoms with van der Waals surface area (Å²) < 4.78 is 66.2. The fourth-order valence-electron chi connectivity index (χ4n) is 38.1. The molecule has 145 heavy (non-hydrogen) atoms. The first-order chi connectivity index (χ1) is 66.1. The van der Waals surface area contributed by atoms with Crippen LogP contribution in [0.4, 0.5) is 0 Å². The van der Waals surface area contributed by atoms with Crippen LogP contribution in [0.25, 0.3) is 0 Å². The summed E-state index contributed by atoms with van der Waals surface area (Å²) in [6, 6.07) is 0. The number of aliphatic carboxylic acids is 2. The monoisotopic (exact) mass is 2110 g/mol. The van der Waals surface area contributed by atoms with E-state index >= 15 is 0 Å². The van der Waals surface area contributed by atoms with Crippen molar-refractivity contribution in [3.63, 3.8) is 0 Å². The molecule has 33 heteroatoms. The van der Waals surface area contributed by atoms with Gasteiger partial charge in [-0.2, -0.15) is 0 Å². The molecule has 16 N–H and O–H groups in total. The van der Waals surface area contributed by atoms with E-state index in [1.54, 1.807) is 0 Å². The minimum atomic E-state index is -4.48. The van der Waals surface area contributed by atoms with Gasteiger partial charge in [0.2, 0.25) is 11.8 Å². The Balaban J connectivity index is 0.000000200. The first kappa shape index (κ1) is 126. The molecule has 16 aliphatic rings. The van der Waals surface area contributed by atoms with Gasteiger partial charge in [0.25, 0.3) is 0 Å². The normalized spacial score (nSPS) is 44.6. The Labute approximate surface area is 915 Å². The predicted octanol–water partition coefficient (Wildman–Crippen LogP) is 3.18. The molecule has 828 valence electrons. The van der Waals surface area contributed by atoms with Gasteiger partial charge in [0.1, 0.15) is 12.6 Å². The van der Waals surface area contributed by atoms with Crippen molar-refractivity contribution in [2.75, 3.05) is 79.0 Å². The molecule has 0 bridgehead atoms. The Kier molecular flexibility index (Phi) is 43.2. The van der Waals surface area contributed by atoms with Crippen LogP contribution in [0.2, 0.25) is 0 Å². The summed E-state index contributed by atoms with van der Waals surface area (Å²) in [5.74, 6) is 4.95. The Morgan fingerprint density at radius 3 is 0.972 bits per heavy atom. The number of carboxylic acids is 2. The molecule has 0 heterocycles. The van der Waals surface area contributed by atoms with E-state index in [-0.39, 0.29) is 259 Å². The third kappa shape index (κ3) is 26.8. The number of aliphatic hydroxyl groups is 12. The van der Waals surface area contributed by atoms with E-state index in [9.17, 15) is 117 Å². The number of hydrogen-bond acceptors (Lipinski definition) is 24. The molecule has 0 aromatic carbocycles. The third-order valence-electron chi connectivity index (χ3n) is 46.1. The van der Waals surface area contributed by atoms with Gasteiger partial charge in [-0.05, 0) is 410 Å². The smallest absolute Gasteiger partial charge is 0.748 e. The second kappa shape index (κ2) is 49.7. The van der Waals surface area contributed by atoms with Crippen LogP contribution in [-0.2, 0) is 39.4 Å². The number of amides is 2. The van der Waals surface area contributed by atoms with Crippen molar-refractivity contribution >= 4 is 44.0 Å². The van der Waals surface area contributed by atoms with Crippen LogP contribution in [0.1, 0.15) is 340 Å². The SMILES string of the molecule is C[C@H](CCC(=O)NCCC[N+](C)(C)CC(O)CS(=O)(=O)[O-])[C@H]1CC[C@H]2[C@@H]3[C@H](O)CC4C[C@H](O)CC[C@]4(C)[C@H]3C[C@H](O)[C@]12C.C[C@H](CCC(=O)NCCC[N+](C)(C)CCCS(=O)(=O)[O-])[C@H]1CC[C@H]2[C@@H]3[C@H](O)CC4C[C@H](O)CC[C@]4(C)[C@H]3C[C@H](O)[C@]12C.C[C@H](CCC(=O)[O-])[C@H]1CCC2C3C(C[C@H](O)[C@@]21C)[C@@]1(C)CC[C@@H](O)C[C@H]1C[C@H]3O.C[C@H](CCC(=O)[O-])[C@H]1CC[C@H]2[C@@H]3CC[C@@H]4C[C@H](O)CC[C@]4(C)[C@H]3C[C@H](O)[C@]12C.O.[Na+].[Na+]. The van der Waals surface area contributed by atoms with E-state index < -0.39 is 68.4 Å². The molecule has 44 atom stereocenters. The van der Waals surface area contributed by atoms with Crippen LogP contribution in [0.15, 0.2) is 0 Å². The van der Waals surface area contributed by atoms with Gasteiger partial charge >= 0.3 is 59.1 Å². The van der Waals surface area contributed by atoms with E-state index in [4.69, 9.17) is 0 Å². The quantitative estimate of drug-likeness (QED) is 0.0199. The Morgan fingerprint density at radius 1 is 0.359 bits per heavy atom. The number of rotatable bonds is 32. The summed E-state index contributed by atoms with van der Waals surface area (Å²) in [4.78, 5) is 47.3. The molecule has 0 radical (unpaired) electrons. The molecule has 16 fully saturated rings. The molecule has 29 nitrogen and oxygen atoms in total. The number of likely N-dealkylation sites (N-methyl/N-ethyl adjacent to an activating group) is 1. The van der Waals surface area contributed by atoms with Gasteiger partial charge < -0.3 is 115 Å². The largest absolute Gasteiger partial charge is 1.00 e. The van der Waals surface area contributed by atoms with Gasteiger partial charge in [0.05, 0.1) is 141 Å². The van der Waals surface area contributed by atoms with Gasteiger partial charge in [-0.15, -0.1) is 0 Å². The second-order valence-corrected chi connectivity index (χ2v) is 57.4. The Bertz CT molecular complexity index is 4470. The number of carbonyl (C=O) groups is 4. The van der Waals surface area contributed by atoms with Gasteiger partial charge in [-0.25, -0.2) is 16.8 Å². The average Bonchev–Trinajstić information content (AvgIpc) is 1.61. The zero-order valence-corrected chi connectivity index (χ0v) is 97.8.